The van der Waals surface area contributed by atoms with Crippen LogP contribution in [0.4, 0.5) is 0 Å². The summed E-state index contributed by atoms with van der Waals surface area (Å²) in [5.41, 5.74) is 1.07. The van der Waals surface area contributed by atoms with Crippen molar-refractivity contribution in [2.75, 3.05) is 40.3 Å². The minimum Gasteiger partial charge on any atom is -0.503 e. The number of aromatic hydroxyl groups is 1. The van der Waals surface area contributed by atoms with E-state index in [9.17, 15) is 5.11 Å². The van der Waals surface area contributed by atoms with Crippen LogP contribution in [0, 0.1) is 0 Å². The monoisotopic (exact) mass is 270 g/mol. The second-order valence-electron chi connectivity index (χ2n) is 4.71. The van der Waals surface area contributed by atoms with Gasteiger partial charge in [0.1, 0.15) is 0 Å². The van der Waals surface area contributed by atoms with E-state index in [1.165, 1.54) is 7.11 Å². The van der Waals surface area contributed by atoms with Crippen molar-refractivity contribution in [3.8, 4) is 11.5 Å². The van der Waals surface area contributed by atoms with E-state index in [-0.39, 0.29) is 5.75 Å². The lowest BCUT2D eigenvalue weighted by Gasteiger charge is -2.32. The van der Waals surface area contributed by atoms with Crippen LogP contribution in [0.3, 0.4) is 0 Å². The van der Waals surface area contributed by atoms with Crippen molar-refractivity contribution in [1.29, 1.82) is 0 Å². The third-order valence-corrected chi connectivity index (χ3v) is 3.60. The molecular weight excluding hydrogens is 252 g/mol. The summed E-state index contributed by atoms with van der Waals surface area (Å²) >= 11 is 5.98. The zero-order valence-corrected chi connectivity index (χ0v) is 11.6. The van der Waals surface area contributed by atoms with Crippen molar-refractivity contribution in [2.24, 2.45) is 0 Å². The fourth-order valence-electron chi connectivity index (χ4n) is 2.14. The molecule has 0 aliphatic carbocycles. The molecule has 1 fully saturated rings. The Labute approximate surface area is 113 Å². The number of hydrogen-bond donors (Lipinski definition) is 1. The molecule has 1 aromatic rings. The van der Waals surface area contributed by atoms with Gasteiger partial charge in [-0.2, -0.15) is 0 Å². The van der Waals surface area contributed by atoms with Crippen molar-refractivity contribution in [1.82, 2.24) is 9.80 Å². The normalized spacial score (nSPS) is 17.9. The number of phenolic OH excluding ortho intramolecular Hbond substituents is 1. The fraction of sp³-hybridized carbons (Fsp3) is 0.538. The molecule has 4 nitrogen and oxygen atoms in total. The number of ether oxygens (including phenoxy) is 1. The first kappa shape index (κ1) is 13.5. The lowest BCUT2D eigenvalue weighted by Crippen LogP contribution is -2.43. The number of rotatable bonds is 3. The lowest BCUT2D eigenvalue weighted by atomic mass is 10.1. The Morgan fingerprint density at radius 1 is 1.28 bits per heavy atom. The van der Waals surface area contributed by atoms with Crippen LogP contribution >= 0.6 is 11.6 Å². The zero-order valence-electron chi connectivity index (χ0n) is 10.8. The van der Waals surface area contributed by atoms with Gasteiger partial charge in [-0.05, 0) is 24.7 Å². The standard InChI is InChI=1S/C13H19ClN2O2/c1-15-3-5-16(6-4-15)9-10-7-11(14)13(17)12(8-10)18-2/h7-8,17H,3-6,9H2,1-2H3. The Balaban J connectivity index is 2.07. The van der Waals surface area contributed by atoms with E-state index in [2.05, 4.69) is 16.8 Å². The molecule has 0 unspecified atom stereocenters. The Kier molecular flexibility index (Phi) is 4.32. The van der Waals surface area contributed by atoms with E-state index in [0.717, 1.165) is 38.3 Å². The van der Waals surface area contributed by atoms with Gasteiger partial charge in [-0.15, -0.1) is 0 Å². The van der Waals surface area contributed by atoms with Crippen LogP contribution in [-0.4, -0.2) is 55.2 Å². The van der Waals surface area contributed by atoms with E-state index in [1.54, 1.807) is 6.07 Å². The average molecular weight is 271 g/mol. The molecule has 18 heavy (non-hydrogen) atoms. The molecular formula is C13H19ClN2O2. The van der Waals surface area contributed by atoms with Crippen molar-refractivity contribution >= 4 is 11.6 Å². The van der Waals surface area contributed by atoms with E-state index in [0.29, 0.717) is 10.8 Å². The second kappa shape index (κ2) is 5.78. The summed E-state index contributed by atoms with van der Waals surface area (Å²) in [6, 6.07) is 3.65. The topological polar surface area (TPSA) is 35.9 Å². The van der Waals surface area contributed by atoms with E-state index in [4.69, 9.17) is 16.3 Å². The van der Waals surface area contributed by atoms with Crippen LogP contribution in [0.2, 0.25) is 5.02 Å². The molecule has 1 saturated heterocycles. The summed E-state index contributed by atoms with van der Waals surface area (Å²) in [6.07, 6.45) is 0. The highest BCUT2D eigenvalue weighted by atomic mass is 35.5. The first-order valence-electron chi connectivity index (χ1n) is 6.06. The van der Waals surface area contributed by atoms with Gasteiger partial charge in [0, 0.05) is 32.7 Å². The highest BCUT2D eigenvalue weighted by Gasteiger charge is 2.15. The summed E-state index contributed by atoms with van der Waals surface area (Å²) in [6.45, 7) is 5.12. The van der Waals surface area contributed by atoms with Gasteiger partial charge < -0.3 is 14.7 Å². The smallest absolute Gasteiger partial charge is 0.176 e. The molecule has 1 N–H and O–H groups in total. The van der Waals surface area contributed by atoms with E-state index < -0.39 is 0 Å². The zero-order chi connectivity index (χ0) is 13.1. The lowest BCUT2D eigenvalue weighted by molar-refractivity contribution is 0.148. The predicted octanol–water partition coefficient (Wildman–Crippen LogP) is 1.80. The Hall–Kier alpha value is -0.970. The molecule has 5 heteroatoms. The van der Waals surface area contributed by atoms with E-state index >= 15 is 0 Å². The Bertz CT molecular complexity index is 418. The number of nitrogens with zero attached hydrogens (tertiary/aromatic N) is 2. The number of halogens is 1. The fourth-order valence-corrected chi connectivity index (χ4v) is 2.37. The average Bonchev–Trinajstić information content (AvgIpc) is 2.36. The third-order valence-electron chi connectivity index (χ3n) is 3.31. The predicted molar refractivity (Wildman–Crippen MR) is 72.4 cm³/mol. The van der Waals surface area contributed by atoms with Gasteiger partial charge in [-0.25, -0.2) is 0 Å². The number of piperazine rings is 1. The highest BCUT2D eigenvalue weighted by molar-refractivity contribution is 6.32. The molecule has 0 aromatic heterocycles. The molecule has 1 aromatic carbocycles. The van der Waals surface area contributed by atoms with Gasteiger partial charge in [0.15, 0.2) is 11.5 Å². The van der Waals surface area contributed by atoms with Crippen molar-refractivity contribution in [3.05, 3.63) is 22.7 Å². The quantitative estimate of drug-likeness (QED) is 0.909. The molecule has 1 aliphatic rings. The Morgan fingerprint density at radius 2 is 1.94 bits per heavy atom. The first-order valence-corrected chi connectivity index (χ1v) is 6.44. The minimum absolute atomic E-state index is 0.0151. The van der Waals surface area contributed by atoms with Gasteiger partial charge >= 0.3 is 0 Å². The van der Waals surface area contributed by atoms with Crippen molar-refractivity contribution in [3.63, 3.8) is 0 Å². The maximum Gasteiger partial charge on any atom is 0.176 e. The molecule has 2 rings (SSSR count). The SMILES string of the molecule is COc1cc(CN2CCN(C)CC2)cc(Cl)c1O. The van der Waals surface area contributed by atoms with Crippen molar-refractivity contribution < 1.29 is 9.84 Å². The van der Waals surface area contributed by atoms with Crippen LogP contribution in [0.15, 0.2) is 12.1 Å². The Morgan fingerprint density at radius 3 is 2.56 bits per heavy atom. The summed E-state index contributed by atoms with van der Waals surface area (Å²) in [4.78, 5) is 4.70. The van der Waals surface area contributed by atoms with Crippen LogP contribution in [0.25, 0.3) is 0 Å². The van der Waals surface area contributed by atoms with Gasteiger partial charge in [0.25, 0.3) is 0 Å². The maximum absolute atomic E-state index is 9.69. The summed E-state index contributed by atoms with van der Waals surface area (Å²) in [5.74, 6) is 0.452. The maximum atomic E-state index is 9.69. The number of benzene rings is 1. The van der Waals surface area contributed by atoms with Gasteiger partial charge in [0.2, 0.25) is 0 Å². The minimum atomic E-state index is 0.0151. The number of phenols is 1. The number of likely N-dealkylation sites (N-methyl/N-ethyl adjacent to an activating group) is 1. The number of hydrogen-bond acceptors (Lipinski definition) is 4. The summed E-state index contributed by atoms with van der Waals surface area (Å²) in [7, 11) is 3.67. The second-order valence-corrected chi connectivity index (χ2v) is 5.12. The summed E-state index contributed by atoms with van der Waals surface area (Å²) < 4.78 is 5.11. The molecule has 0 saturated carbocycles. The summed E-state index contributed by atoms with van der Waals surface area (Å²) in [5, 5.41) is 10.0. The van der Waals surface area contributed by atoms with Gasteiger partial charge in [0.05, 0.1) is 12.1 Å². The van der Waals surface area contributed by atoms with Crippen molar-refractivity contribution in [2.45, 2.75) is 6.54 Å². The van der Waals surface area contributed by atoms with Gasteiger partial charge in [-0.1, -0.05) is 11.6 Å². The largest absolute Gasteiger partial charge is 0.503 e. The molecule has 100 valence electrons. The third kappa shape index (κ3) is 3.07. The molecule has 1 heterocycles. The van der Waals surface area contributed by atoms with E-state index in [1.807, 2.05) is 6.07 Å². The highest BCUT2D eigenvalue weighted by Crippen LogP contribution is 2.35. The van der Waals surface area contributed by atoms with Crippen LogP contribution in [0.1, 0.15) is 5.56 Å². The van der Waals surface area contributed by atoms with Gasteiger partial charge in [-0.3, -0.25) is 4.90 Å². The molecule has 0 spiro atoms. The molecule has 0 radical (unpaired) electrons. The first-order chi connectivity index (χ1) is 8.60. The number of methoxy groups -OCH3 is 1. The molecule has 0 bridgehead atoms. The van der Waals surface area contributed by atoms with Crippen LogP contribution in [-0.2, 0) is 6.54 Å². The molecule has 0 amide bonds. The van der Waals surface area contributed by atoms with Crippen LogP contribution < -0.4 is 4.74 Å². The molecule has 0 atom stereocenters. The van der Waals surface area contributed by atoms with Crippen LogP contribution in [0.5, 0.6) is 11.5 Å². The molecule has 1 aliphatic heterocycles.